The van der Waals surface area contributed by atoms with E-state index in [4.69, 9.17) is 15.6 Å². The average Bonchev–Trinajstić information content (AvgIpc) is 2.82. The van der Waals surface area contributed by atoms with Crippen LogP contribution in [0.1, 0.15) is 29.2 Å². The number of aliphatic hydroxyl groups is 1. The highest BCUT2D eigenvalue weighted by Gasteiger charge is 2.22. The first-order valence-electron chi connectivity index (χ1n) is 11.7. The summed E-state index contributed by atoms with van der Waals surface area (Å²) in [5.41, 5.74) is 10.0. The zero-order chi connectivity index (χ0) is 27.2. The molecule has 0 spiro atoms. The SMILES string of the molecule is Cc1cc(OCCNC[C@H](O)c2ccc(O)c(S(C)(=O)=O)c2N)ccc1-c1ccc(CCC(=O)O)cc1. The van der Waals surface area contributed by atoms with Crippen molar-refractivity contribution in [1.29, 1.82) is 0 Å². The number of carbonyl (C=O) groups is 1. The Balaban J connectivity index is 1.51. The van der Waals surface area contributed by atoms with Gasteiger partial charge >= 0.3 is 5.97 Å². The van der Waals surface area contributed by atoms with Crippen LogP contribution in [-0.4, -0.2) is 55.7 Å². The molecule has 0 aliphatic rings. The maximum Gasteiger partial charge on any atom is 0.303 e. The van der Waals surface area contributed by atoms with Gasteiger partial charge in [-0.05, 0) is 53.8 Å². The monoisotopic (exact) mass is 528 g/mol. The first kappa shape index (κ1) is 28.0. The largest absolute Gasteiger partial charge is 0.507 e. The van der Waals surface area contributed by atoms with Crippen molar-refractivity contribution in [1.82, 2.24) is 5.32 Å². The third-order valence-corrected chi connectivity index (χ3v) is 7.09. The van der Waals surface area contributed by atoms with Crippen LogP contribution in [0, 0.1) is 6.92 Å². The number of ether oxygens (including phenoxy) is 1. The summed E-state index contributed by atoms with van der Waals surface area (Å²) in [7, 11) is -3.76. The van der Waals surface area contributed by atoms with E-state index in [1.54, 1.807) is 0 Å². The Bertz CT molecular complexity index is 1360. The zero-order valence-corrected chi connectivity index (χ0v) is 21.6. The molecule has 0 aromatic heterocycles. The molecule has 1 atom stereocenters. The van der Waals surface area contributed by atoms with Gasteiger partial charge in [0, 0.05) is 31.3 Å². The Labute approximate surface area is 216 Å². The number of carboxylic acids is 1. The minimum Gasteiger partial charge on any atom is -0.507 e. The number of hydrogen-bond donors (Lipinski definition) is 5. The molecule has 0 unspecified atom stereocenters. The van der Waals surface area contributed by atoms with E-state index in [0.29, 0.717) is 25.3 Å². The summed E-state index contributed by atoms with van der Waals surface area (Å²) >= 11 is 0. The van der Waals surface area contributed by atoms with Crippen molar-refractivity contribution in [3.05, 3.63) is 71.3 Å². The molecule has 0 aliphatic heterocycles. The number of rotatable bonds is 12. The molecule has 3 aromatic carbocycles. The van der Waals surface area contributed by atoms with Gasteiger partial charge in [0.2, 0.25) is 0 Å². The smallest absolute Gasteiger partial charge is 0.303 e. The first-order valence-corrected chi connectivity index (χ1v) is 13.6. The number of phenols is 1. The Morgan fingerprint density at radius 3 is 2.43 bits per heavy atom. The number of aromatic hydroxyl groups is 1. The highest BCUT2D eigenvalue weighted by atomic mass is 32.2. The molecule has 0 heterocycles. The number of carboxylic acid groups (broad SMARTS) is 1. The molecule has 0 saturated heterocycles. The van der Waals surface area contributed by atoms with Gasteiger partial charge in [-0.2, -0.15) is 0 Å². The van der Waals surface area contributed by atoms with Crippen molar-refractivity contribution in [2.45, 2.75) is 30.8 Å². The minimum absolute atomic E-state index is 0.104. The zero-order valence-electron chi connectivity index (χ0n) is 20.8. The van der Waals surface area contributed by atoms with Crippen LogP contribution in [0.25, 0.3) is 11.1 Å². The molecule has 0 bridgehead atoms. The summed E-state index contributed by atoms with van der Waals surface area (Å²) in [6, 6.07) is 16.2. The Hall–Kier alpha value is -3.60. The number of aliphatic carboxylic acids is 1. The van der Waals surface area contributed by atoms with E-state index in [1.807, 2.05) is 49.4 Å². The van der Waals surface area contributed by atoms with Crippen LogP contribution in [-0.2, 0) is 21.1 Å². The number of nitrogen functional groups attached to an aromatic ring is 1. The summed E-state index contributed by atoms with van der Waals surface area (Å²) in [6.45, 7) is 2.86. The van der Waals surface area contributed by atoms with Gasteiger partial charge in [0.1, 0.15) is 23.0 Å². The molecule has 10 heteroatoms. The van der Waals surface area contributed by atoms with Gasteiger partial charge in [-0.25, -0.2) is 8.42 Å². The third-order valence-electron chi connectivity index (χ3n) is 5.91. The fourth-order valence-electron chi connectivity index (χ4n) is 4.03. The van der Waals surface area contributed by atoms with E-state index in [-0.39, 0.29) is 29.1 Å². The van der Waals surface area contributed by atoms with E-state index in [9.17, 15) is 23.4 Å². The quantitative estimate of drug-likeness (QED) is 0.176. The van der Waals surface area contributed by atoms with Crippen molar-refractivity contribution in [3.63, 3.8) is 0 Å². The van der Waals surface area contributed by atoms with Gasteiger partial charge in [0.25, 0.3) is 0 Å². The van der Waals surface area contributed by atoms with Crippen LogP contribution in [0.5, 0.6) is 11.5 Å². The molecule has 0 fully saturated rings. The first-order chi connectivity index (χ1) is 17.5. The van der Waals surface area contributed by atoms with Gasteiger partial charge in [-0.15, -0.1) is 0 Å². The lowest BCUT2D eigenvalue weighted by Crippen LogP contribution is -2.26. The minimum atomic E-state index is -3.76. The number of aliphatic hydroxyl groups excluding tert-OH is 1. The van der Waals surface area contributed by atoms with Gasteiger partial charge < -0.3 is 31.1 Å². The molecule has 3 rings (SSSR count). The Morgan fingerprint density at radius 1 is 1.11 bits per heavy atom. The van der Waals surface area contributed by atoms with Crippen LogP contribution >= 0.6 is 0 Å². The normalized spacial score (nSPS) is 12.3. The second-order valence-corrected chi connectivity index (χ2v) is 10.8. The number of benzene rings is 3. The predicted molar refractivity (Wildman–Crippen MR) is 142 cm³/mol. The van der Waals surface area contributed by atoms with Gasteiger partial charge in [0.05, 0.1) is 11.8 Å². The second-order valence-electron chi connectivity index (χ2n) is 8.82. The van der Waals surface area contributed by atoms with Crippen molar-refractivity contribution < 1.29 is 33.3 Å². The van der Waals surface area contributed by atoms with E-state index in [2.05, 4.69) is 5.32 Å². The van der Waals surface area contributed by atoms with Crippen LogP contribution < -0.4 is 15.8 Å². The second kappa shape index (κ2) is 12.1. The van der Waals surface area contributed by atoms with E-state index in [0.717, 1.165) is 28.5 Å². The summed E-state index contributed by atoms with van der Waals surface area (Å²) in [5, 5.41) is 32.2. The van der Waals surface area contributed by atoms with Crippen LogP contribution in [0.15, 0.2) is 59.5 Å². The van der Waals surface area contributed by atoms with Gasteiger partial charge in [-0.1, -0.05) is 36.4 Å². The van der Waals surface area contributed by atoms with Gasteiger partial charge in [-0.3, -0.25) is 4.79 Å². The average molecular weight is 529 g/mol. The molecule has 6 N–H and O–H groups in total. The molecule has 37 heavy (non-hydrogen) atoms. The van der Waals surface area contributed by atoms with E-state index < -0.39 is 27.7 Å². The lowest BCUT2D eigenvalue weighted by atomic mass is 9.98. The number of nitrogens with two attached hydrogens (primary N) is 1. The summed E-state index contributed by atoms with van der Waals surface area (Å²) in [5.74, 6) is -0.569. The van der Waals surface area contributed by atoms with Crippen molar-refractivity contribution >= 4 is 21.5 Å². The van der Waals surface area contributed by atoms with Crippen molar-refractivity contribution in [3.8, 4) is 22.6 Å². The number of aryl methyl sites for hydroxylation is 2. The maximum absolute atomic E-state index is 11.9. The maximum atomic E-state index is 11.9. The predicted octanol–water partition coefficient (Wildman–Crippen LogP) is 3.07. The topological polar surface area (TPSA) is 159 Å². The number of hydrogen-bond acceptors (Lipinski definition) is 8. The number of nitrogens with one attached hydrogen (secondary N) is 1. The Morgan fingerprint density at radius 2 is 1.81 bits per heavy atom. The number of sulfone groups is 1. The molecule has 9 nitrogen and oxygen atoms in total. The third kappa shape index (κ3) is 7.45. The van der Waals surface area contributed by atoms with Crippen LogP contribution in [0.4, 0.5) is 5.69 Å². The summed E-state index contributed by atoms with van der Waals surface area (Å²) in [6.07, 6.45) is 0.473. The molecular formula is C27H32N2O7S. The van der Waals surface area contributed by atoms with Crippen molar-refractivity contribution in [2.24, 2.45) is 0 Å². The highest BCUT2D eigenvalue weighted by Crippen LogP contribution is 2.34. The Kier molecular flexibility index (Phi) is 9.14. The fraction of sp³-hybridized carbons (Fsp3) is 0.296. The summed E-state index contributed by atoms with van der Waals surface area (Å²) in [4.78, 5) is 10.4. The van der Waals surface area contributed by atoms with Gasteiger partial charge in [0.15, 0.2) is 9.84 Å². The number of phenolic OH excluding ortho intramolecular Hbond substituents is 1. The van der Waals surface area contributed by atoms with E-state index in [1.165, 1.54) is 12.1 Å². The van der Waals surface area contributed by atoms with Crippen LogP contribution in [0.3, 0.4) is 0 Å². The molecule has 0 radical (unpaired) electrons. The molecule has 0 saturated carbocycles. The summed E-state index contributed by atoms with van der Waals surface area (Å²) < 4.78 is 29.6. The standard InChI is InChI=1S/C27H32N2O7S/c1-17-15-20(8-9-21(17)19-6-3-18(4-7-19)5-12-25(32)33)36-14-13-29-16-24(31)22-10-11-23(30)27(26(22)28)37(2,34)35/h3-4,6-11,15,24,29-31H,5,12-14,16,28H2,1-2H3,(H,32,33)/t24-/m0/s1. The van der Waals surface area contributed by atoms with Crippen molar-refractivity contribution in [2.75, 3.05) is 31.7 Å². The molecule has 198 valence electrons. The lowest BCUT2D eigenvalue weighted by Gasteiger charge is -2.17. The van der Waals surface area contributed by atoms with Crippen LogP contribution in [0.2, 0.25) is 0 Å². The fourth-order valence-corrected chi connectivity index (χ4v) is 4.99. The molecular weight excluding hydrogens is 496 g/mol. The highest BCUT2D eigenvalue weighted by molar-refractivity contribution is 7.91. The molecule has 0 amide bonds. The number of anilines is 1. The molecule has 0 aliphatic carbocycles. The van der Waals surface area contributed by atoms with E-state index >= 15 is 0 Å². The lowest BCUT2D eigenvalue weighted by molar-refractivity contribution is -0.136. The molecule has 3 aromatic rings.